The molecule has 1 unspecified atom stereocenters. The van der Waals surface area contributed by atoms with Crippen LogP contribution in [0.2, 0.25) is 0 Å². The first-order valence-electron chi connectivity index (χ1n) is 8.21. The standard InChI is InChI=1S/C17H22N4O2/c1-23-10-14-8-20(17(22)13-4-5-18-6-13)9-15-16(14)21(11-19-15)7-12-2-3-12/h4-6,11-12,14,18H,2-3,7-10H2,1H3. The molecule has 23 heavy (non-hydrogen) atoms. The molecule has 1 amide bonds. The number of amides is 1. The summed E-state index contributed by atoms with van der Waals surface area (Å²) in [6.07, 6.45) is 8.10. The third-order valence-electron chi connectivity index (χ3n) is 4.78. The highest BCUT2D eigenvalue weighted by molar-refractivity contribution is 5.94. The molecule has 0 aromatic carbocycles. The zero-order valence-corrected chi connectivity index (χ0v) is 13.4. The molecule has 0 bridgehead atoms. The Morgan fingerprint density at radius 3 is 3.04 bits per heavy atom. The van der Waals surface area contributed by atoms with Crippen molar-refractivity contribution in [3.8, 4) is 0 Å². The molecule has 1 N–H and O–H groups in total. The first kappa shape index (κ1) is 14.5. The molecule has 2 aromatic rings. The molecule has 0 saturated heterocycles. The summed E-state index contributed by atoms with van der Waals surface area (Å²) >= 11 is 0. The molecule has 1 aliphatic carbocycles. The highest BCUT2D eigenvalue weighted by Crippen LogP contribution is 2.34. The second kappa shape index (κ2) is 5.85. The molecule has 2 aliphatic rings. The predicted octanol–water partition coefficient (Wildman–Crippen LogP) is 2.01. The maximum Gasteiger partial charge on any atom is 0.255 e. The van der Waals surface area contributed by atoms with Gasteiger partial charge in [-0.1, -0.05) is 0 Å². The minimum Gasteiger partial charge on any atom is -0.384 e. The first-order valence-corrected chi connectivity index (χ1v) is 8.21. The number of carbonyl (C=O) groups excluding carboxylic acids is 1. The lowest BCUT2D eigenvalue weighted by Crippen LogP contribution is -2.40. The van der Waals surface area contributed by atoms with Crippen LogP contribution in [-0.4, -0.2) is 45.6 Å². The molecule has 6 heteroatoms. The van der Waals surface area contributed by atoms with E-state index in [0.29, 0.717) is 25.3 Å². The van der Waals surface area contributed by atoms with Gasteiger partial charge in [-0.2, -0.15) is 0 Å². The molecular formula is C17H22N4O2. The van der Waals surface area contributed by atoms with E-state index < -0.39 is 0 Å². The molecule has 1 saturated carbocycles. The summed E-state index contributed by atoms with van der Waals surface area (Å²) in [5, 5.41) is 0. The Morgan fingerprint density at radius 2 is 2.35 bits per heavy atom. The van der Waals surface area contributed by atoms with Gasteiger partial charge in [0, 0.05) is 44.2 Å². The summed E-state index contributed by atoms with van der Waals surface area (Å²) in [4.78, 5) is 22.1. The van der Waals surface area contributed by atoms with Gasteiger partial charge in [0.05, 0.1) is 30.7 Å². The summed E-state index contributed by atoms with van der Waals surface area (Å²) in [5.74, 6) is 1.04. The molecule has 1 fully saturated rings. The van der Waals surface area contributed by atoms with Gasteiger partial charge in [0.15, 0.2) is 0 Å². The number of methoxy groups -OCH3 is 1. The lowest BCUT2D eigenvalue weighted by atomic mass is 9.98. The Bertz CT molecular complexity index is 688. The minimum atomic E-state index is 0.0507. The van der Waals surface area contributed by atoms with Gasteiger partial charge in [-0.25, -0.2) is 4.98 Å². The number of hydrogen-bond acceptors (Lipinski definition) is 3. The van der Waals surface area contributed by atoms with E-state index >= 15 is 0 Å². The maximum atomic E-state index is 12.6. The Morgan fingerprint density at radius 1 is 1.48 bits per heavy atom. The van der Waals surface area contributed by atoms with Crippen LogP contribution in [0.25, 0.3) is 0 Å². The smallest absolute Gasteiger partial charge is 0.255 e. The Kier molecular flexibility index (Phi) is 3.69. The van der Waals surface area contributed by atoms with Crippen molar-refractivity contribution in [3.63, 3.8) is 0 Å². The van der Waals surface area contributed by atoms with Gasteiger partial charge >= 0.3 is 0 Å². The molecule has 3 heterocycles. The van der Waals surface area contributed by atoms with Crippen LogP contribution >= 0.6 is 0 Å². The normalized spacial score (nSPS) is 20.6. The molecule has 2 aromatic heterocycles. The SMILES string of the molecule is COCC1CN(C(=O)c2cc[nH]c2)Cc2ncn(CC3CC3)c21. The van der Waals surface area contributed by atoms with E-state index in [9.17, 15) is 4.79 Å². The lowest BCUT2D eigenvalue weighted by molar-refractivity contribution is 0.0672. The minimum absolute atomic E-state index is 0.0507. The number of aromatic amines is 1. The third kappa shape index (κ3) is 2.79. The molecule has 0 spiro atoms. The van der Waals surface area contributed by atoms with Crippen LogP contribution in [0.1, 0.15) is 40.5 Å². The molecule has 1 aliphatic heterocycles. The molecule has 1 atom stereocenters. The lowest BCUT2D eigenvalue weighted by Gasteiger charge is -2.33. The largest absolute Gasteiger partial charge is 0.384 e. The summed E-state index contributed by atoms with van der Waals surface area (Å²) in [6, 6.07) is 1.81. The van der Waals surface area contributed by atoms with Gasteiger partial charge in [-0.3, -0.25) is 4.79 Å². The van der Waals surface area contributed by atoms with Gasteiger partial charge in [-0.05, 0) is 24.8 Å². The van der Waals surface area contributed by atoms with Crippen molar-refractivity contribution in [2.24, 2.45) is 5.92 Å². The number of carbonyl (C=O) groups is 1. The first-order chi connectivity index (χ1) is 11.3. The van der Waals surface area contributed by atoms with Crippen LogP contribution in [0.5, 0.6) is 0 Å². The van der Waals surface area contributed by atoms with Crippen LogP contribution in [0.3, 0.4) is 0 Å². The van der Waals surface area contributed by atoms with E-state index in [1.165, 1.54) is 18.5 Å². The maximum absolute atomic E-state index is 12.6. The molecule has 6 nitrogen and oxygen atoms in total. The van der Waals surface area contributed by atoms with E-state index in [1.54, 1.807) is 19.5 Å². The highest BCUT2D eigenvalue weighted by atomic mass is 16.5. The molecule has 4 rings (SSSR count). The summed E-state index contributed by atoms with van der Waals surface area (Å²) in [5.41, 5.74) is 2.97. The summed E-state index contributed by atoms with van der Waals surface area (Å²) in [7, 11) is 1.72. The van der Waals surface area contributed by atoms with Crippen LogP contribution in [0.15, 0.2) is 24.8 Å². The van der Waals surface area contributed by atoms with Crippen LogP contribution in [0.4, 0.5) is 0 Å². The Labute approximate surface area is 135 Å². The quantitative estimate of drug-likeness (QED) is 0.918. The van der Waals surface area contributed by atoms with Crippen molar-refractivity contribution in [1.82, 2.24) is 19.4 Å². The average molecular weight is 314 g/mol. The predicted molar refractivity (Wildman–Crippen MR) is 85.1 cm³/mol. The van der Waals surface area contributed by atoms with Gasteiger partial charge in [0.25, 0.3) is 5.91 Å². The Hall–Kier alpha value is -2.08. The summed E-state index contributed by atoms with van der Waals surface area (Å²) in [6.45, 7) is 2.92. The molecule has 122 valence electrons. The third-order valence-corrected chi connectivity index (χ3v) is 4.78. The summed E-state index contributed by atoms with van der Waals surface area (Å²) < 4.78 is 7.70. The Balaban J connectivity index is 1.60. The number of imidazole rings is 1. The number of fused-ring (bicyclic) bond motifs is 1. The van der Waals surface area contributed by atoms with E-state index in [2.05, 4.69) is 14.5 Å². The highest BCUT2D eigenvalue weighted by Gasteiger charge is 2.33. The van der Waals surface area contributed by atoms with Crippen molar-refractivity contribution in [2.75, 3.05) is 20.3 Å². The van der Waals surface area contributed by atoms with E-state index in [-0.39, 0.29) is 11.8 Å². The number of aromatic nitrogens is 3. The molecule has 0 radical (unpaired) electrons. The van der Waals surface area contributed by atoms with E-state index in [4.69, 9.17) is 4.74 Å². The monoisotopic (exact) mass is 314 g/mol. The van der Waals surface area contributed by atoms with Crippen LogP contribution in [0, 0.1) is 5.92 Å². The average Bonchev–Trinajstić information content (AvgIpc) is 3.04. The van der Waals surface area contributed by atoms with Crippen molar-refractivity contribution in [2.45, 2.75) is 31.8 Å². The van der Waals surface area contributed by atoms with Crippen molar-refractivity contribution >= 4 is 5.91 Å². The second-order valence-corrected chi connectivity index (χ2v) is 6.61. The number of H-pyrrole nitrogens is 1. The number of nitrogens with one attached hydrogen (secondary N) is 1. The topological polar surface area (TPSA) is 63.1 Å². The second-order valence-electron chi connectivity index (χ2n) is 6.61. The van der Waals surface area contributed by atoms with E-state index in [0.717, 1.165) is 18.2 Å². The fraction of sp³-hybridized carbons (Fsp3) is 0.529. The fourth-order valence-electron chi connectivity index (χ4n) is 3.47. The van der Waals surface area contributed by atoms with Crippen LogP contribution in [-0.2, 0) is 17.8 Å². The number of hydrogen-bond donors (Lipinski definition) is 1. The van der Waals surface area contributed by atoms with Gasteiger partial charge in [0.1, 0.15) is 0 Å². The van der Waals surface area contributed by atoms with Crippen LogP contribution < -0.4 is 0 Å². The van der Waals surface area contributed by atoms with E-state index in [1.807, 2.05) is 17.3 Å². The molecular weight excluding hydrogens is 292 g/mol. The van der Waals surface area contributed by atoms with Crippen molar-refractivity contribution in [1.29, 1.82) is 0 Å². The van der Waals surface area contributed by atoms with Gasteiger partial charge < -0.3 is 19.2 Å². The number of rotatable bonds is 5. The number of ether oxygens (including phenoxy) is 1. The zero-order valence-electron chi connectivity index (χ0n) is 13.4. The number of nitrogens with zero attached hydrogens (tertiary/aromatic N) is 3. The zero-order chi connectivity index (χ0) is 15.8. The van der Waals surface area contributed by atoms with Gasteiger partial charge in [-0.15, -0.1) is 0 Å². The van der Waals surface area contributed by atoms with Gasteiger partial charge in [0.2, 0.25) is 0 Å². The van der Waals surface area contributed by atoms with Crippen molar-refractivity contribution in [3.05, 3.63) is 41.7 Å². The van der Waals surface area contributed by atoms with Crippen molar-refractivity contribution < 1.29 is 9.53 Å². The fourth-order valence-corrected chi connectivity index (χ4v) is 3.47.